The van der Waals surface area contributed by atoms with Crippen LogP contribution in [-0.4, -0.2) is 28.3 Å². The van der Waals surface area contributed by atoms with E-state index in [0.717, 1.165) is 22.0 Å². The van der Waals surface area contributed by atoms with Gasteiger partial charge < -0.3 is 14.0 Å². The quantitative estimate of drug-likeness (QED) is 0.227. The lowest BCUT2D eigenvalue weighted by Crippen LogP contribution is -2.39. The lowest BCUT2D eigenvalue weighted by Gasteiger charge is -2.24. The zero-order valence-corrected chi connectivity index (χ0v) is 24.9. The molecule has 0 N–H and O–H groups in total. The van der Waals surface area contributed by atoms with Crippen LogP contribution in [0.15, 0.2) is 100 Å². The number of benzene rings is 3. The number of carbonyl (C=O) groups is 1. The summed E-state index contributed by atoms with van der Waals surface area (Å²) in [5.74, 6) is -0.0749. The molecule has 1 aliphatic rings. The summed E-state index contributed by atoms with van der Waals surface area (Å²) < 4.78 is 29.5. The molecule has 3 heterocycles. The first kappa shape index (κ1) is 28.4. The molecule has 3 aromatic carbocycles. The third kappa shape index (κ3) is 5.32. The summed E-state index contributed by atoms with van der Waals surface area (Å²) in [7, 11) is 0. The average molecular weight is 596 g/mol. The van der Waals surface area contributed by atoms with Gasteiger partial charge in [0.1, 0.15) is 11.6 Å². The fraction of sp³-hybridized carbons (Fsp3) is 0.206. The van der Waals surface area contributed by atoms with Crippen LogP contribution in [0.25, 0.3) is 17.0 Å². The molecule has 9 heteroatoms. The third-order valence-corrected chi connectivity index (χ3v) is 8.41. The van der Waals surface area contributed by atoms with Crippen molar-refractivity contribution in [1.82, 2.24) is 9.13 Å². The van der Waals surface area contributed by atoms with E-state index in [4.69, 9.17) is 9.47 Å². The molecule has 7 nitrogen and oxygen atoms in total. The maximum atomic E-state index is 14.5. The maximum absolute atomic E-state index is 14.5. The SMILES string of the molecule is CCOC(=O)C1=C(C)N=c2s/c(=C\c3cn(Cc4ccccc4F)c4ccccc34)c(=O)n2[C@H]1c1ccc(OCC)cc1. The number of carbonyl (C=O) groups excluding carboxylic acids is 1. The van der Waals surface area contributed by atoms with Crippen LogP contribution in [0, 0.1) is 5.82 Å². The lowest BCUT2D eigenvalue weighted by atomic mass is 9.96. The molecule has 0 bridgehead atoms. The standard InChI is InChI=1S/C34H30FN3O4S/c1-4-41-25-16-14-22(15-17-25)31-30(33(40)42-5-2)21(3)36-34-38(31)32(39)29(43-34)18-24-20-37(28-13-9-7-11-26(24)28)19-23-10-6-8-12-27(23)35/h6-18,20,31H,4-5,19H2,1-3H3/b29-18-/t31-/m0/s1. The predicted octanol–water partition coefficient (Wildman–Crippen LogP) is 5.34. The van der Waals surface area contributed by atoms with Crippen molar-refractivity contribution in [3.05, 3.63) is 132 Å². The van der Waals surface area contributed by atoms with Gasteiger partial charge in [-0.1, -0.05) is 59.9 Å². The van der Waals surface area contributed by atoms with Crippen LogP contribution in [0.3, 0.4) is 0 Å². The fourth-order valence-electron chi connectivity index (χ4n) is 5.49. The number of hydrogen-bond acceptors (Lipinski definition) is 6. The van der Waals surface area contributed by atoms with E-state index in [1.54, 1.807) is 30.5 Å². The van der Waals surface area contributed by atoms with Crippen molar-refractivity contribution in [3.8, 4) is 5.75 Å². The number of aromatic nitrogens is 2. The van der Waals surface area contributed by atoms with Gasteiger partial charge in [0.05, 0.1) is 41.6 Å². The molecule has 5 aromatic rings. The van der Waals surface area contributed by atoms with Gasteiger partial charge in [-0.05, 0) is 56.7 Å². The van der Waals surface area contributed by atoms with E-state index in [9.17, 15) is 14.0 Å². The van der Waals surface area contributed by atoms with Crippen molar-refractivity contribution in [1.29, 1.82) is 0 Å². The summed E-state index contributed by atoms with van der Waals surface area (Å²) in [6.07, 6.45) is 3.79. The smallest absolute Gasteiger partial charge is 0.338 e. The van der Waals surface area contributed by atoms with Crippen molar-refractivity contribution in [3.63, 3.8) is 0 Å². The monoisotopic (exact) mass is 595 g/mol. The molecule has 0 aliphatic carbocycles. The van der Waals surface area contributed by atoms with Crippen LogP contribution < -0.4 is 19.6 Å². The van der Waals surface area contributed by atoms with Gasteiger partial charge in [-0.15, -0.1) is 0 Å². The predicted molar refractivity (Wildman–Crippen MR) is 165 cm³/mol. The minimum Gasteiger partial charge on any atom is -0.494 e. The van der Waals surface area contributed by atoms with Gasteiger partial charge in [0.25, 0.3) is 5.56 Å². The van der Waals surface area contributed by atoms with Crippen molar-refractivity contribution >= 4 is 34.3 Å². The maximum Gasteiger partial charge on any atom is 0.338 e. The number of ether oxygens (including phenoxy) is 2. The van der Waals surface area contributed by atoms with E-state index >= 15 is 0 Å². The first-order valence-electron chi connectivity index (χ1n) is 14.1. The van der Waals surface area contributed by atoms with Gasteiger partial charge in [0.2, 0.25) is 0 Å². The highest BCUT2D eigenvalue weighted by Crippen LogP contribution is 2.32. The first-order chi connectivity index (χ1) is 20.9. The Balaban J connectivity index is 1.50. The second kappa shape index (κ2) is 11.9. The molecule has 0 unspecified atom stereocenters. The number of esters is 1. The second-order valence-corrected chi connectivity index (χ2v) is 11.1. The summed E-state index contributed by atoms with van der Waals surface area (Å²) in [5.41, 5.74) is 3.65. The second-order valence-electron chi connectivity index (χ2n) is 10.1. The lowest BCUT2D eigenvalue weighted by molar-refractivity contribution is -0.139. The van der Waals surface area contributed by atoms with Crippen LogP contribution in [0.5, 0.6) is 5.75 Å². The van der Waals surface area contributed by atoms with Gasteiger partial charge in [-0.3, -0.25) is 9.36 Å². The Morgan fingerprint density at radius 3 is 2.51 bits per heavy atom. The van der Waals surface area contributed by atoms with Crippen molar-refractivity contribution in [2.75, 3.05) is 13.2 Å². The number of nitrogens with zero attached hydrogens (tertiary/aromatic N) is 3. The van der Waals surface area contributed by atoms with E-state index in [1.807, 2.05) is 78.4 Å². The van der Waals surface area contributed by atoms with E-state index < -0.39 is 12.0 Å². The Morgan fingerprint density at radius 1 is 1.02 bits per heavy atom. The number of halogens is 1. The molecule has 218 valence electrons. The molecule has 0 saturated heterocycles. The molecule has 1 aliphatic heterocycles. The number of allylic oxidation sites excluding steroid dienone is 1. The summed E-state index contributed by atoms with van der Waals surface area (Å²) in [6, 6.07) is 21.2. The molecule has 6 rings (SSSR count). The number of hydrogen-bond donors (Lipinski definition) is 0. The van der Waals surface area contributed by atoms with Crippen LogP contribution in [0.1, 0.15) is 43.5 Å². The van der Waals surface area contributed by atoms with Crippen molar-refractivity contribution < 1.29 is 18.7 Å². The van der Waals surface area contributed by atoms with E-state index in [0.29, 0.717) is 45.1 Å². The summed E-state index contributed by atoms with van der Waals surface area (Å²) >= 11 is 1.27. The van der Waals surface area contributed by atoms with Gasteiger partial charge >= 0.3 is 5.97 Å². The molecule has 43 heavy (non-hydrogen) atoms. The molecular formula is C34H30FN3O4S. The van der Waals surface area contributed by atoms with Crippen molar-refractivity contribution in [2.24, 2.45) is 4.99 Å². The molecule has 0 amide bonds. The molecule has 0 fully saturated rings. The molecule has 0 spiro atoms. The largest absolute Gasteiger partial charge is 0.494 e. The highest BCUT2D eigenvalue weighted by atomic mass is 32.1. The van der Waals surface area contributed by atoms with Crippen LogP contribution in [0.4, 0.5) is 4.39 Å². The topological polar surface area (TPSA) is 74.8 Å². The first-order valence-corrected chi connectivity index (χ1v) is 14.9. The fourth-order valence-corrected chi connectivity index (χ4v) is 6.53. The molecule has 0 radical (unpaired) electrons. The normalized spacial score (nSPS) is 15.0. The van der Waals surface area contributed by atoms with Gasteiger partial charge in [0.15, 0.2) is 4.80 Å². The Labute approximate surface area is 251 Å². The number of rotatable bonds is 8. The summed E-state index contributed by atoms with van der Waals surface area (Å²) in [4.78, 5) is 32.5. The number of para-hydroxylation sites is 1. The minimum absolute atomic E-state index is 0.201. The molecule has 2 aromatic heterocycles. The number of fused-ring (bicyclic) bond motifs is 2. The van der Waals surface area contributed by atoms with E-state index in [2.05, 4.69) is 4.99 Å². The van der Waals surface area contributed by atoms with Gasteiger partial charge in [0, 0.05) is 28.2 Å². The Morgan fingerprint density at radius 2 is 1.77 bits per heavy atom. The summed E-state index contributed by atoms with van der Waals surface area (Å²) in [6.45, 7) is 6.50. The molecule has 0 saturated carbocycles. The van der Waals surface area contributed by atoms with E-state index in [1.165, 1.54) is 17.4 Å². The van der Waals surface area contributed by atoms with Crippen molar-refractivity contribution in [2.45, 2.75) is 33.4 Å². The Kier molecular flexibility index (Phi) is 7.82. The van der Waals surface area contributed by atoms with Crippen LogP contribution in [0.2, 0.25) is 0 Å². The van der Waals surface area contributed by atoms with Crippen LogP contribution in [-0.2, 0) is 16.1 Å². The van der Waals surface area contributed by atoms with Crippen LogP contribution >= 0.6 is 11.3 Å². The third-order valence-electron chi connectivity index (χ3n) is 7.43. The highest BCUT2D eigenvalue weighted by Gasteiger charge is 2.33. The molecular weight excluding hydrogens is 565 g/mol. The number of thiazole rings is 1. The molecule has 1 atom stereocenters. The highest BCUT2D eigenvalue weighted by molar-refractivity contribution is 7.07. The average Bonchev–Trinajstić information content (AvgIpc) is 3.50. The van der Waals surface area contributed by atoms with Gasteiger partial charge in [-0.2, -0.15) is 0 Å². The zero-order chi connectivity index (χ0) is 30.1. The Hall–Kier alpha value is -4.76. The summed E-state index contributed by atoms with van der Waals surface area (Å²) in [5, 5.41) is 0.941. The minimum atomic E-state index is -0.712. The van der Waals surface area contributed by atoms with Gasteiger partial charge in [-0.25, -0.2) is 14.2 Å². The zero-order valence-electron chi connectivity index (χ0n) is 24.0. The van der Waals surface area contributed by atoms with E-state index in [-0.39, 0.29) is 18.0 Å². The Bertz CT molecular complexity index is 2050.